The molecule has 0 aromatic heterocycles. The Morgan fingerprint density at radius 3 is 2.88 bits per heavy atom. The standard InChI is InChI=1S/C14H16O2/c1-16-13-9-5-8-12(10-13)14(15)11-6-3-2-4-7-11/h5-6,8-10H,2-4,7H2,1H3. The lowest BCUT2D eigenvalue weighted by Gasteiger charge is -2.11. The van der Waals surface area contributed by atoms with E-state index in [0.717, 1.165) is 36.1 Å². The summed E-state index contributed by atoms with van der Waals surface area (Å²) in [6.07, 6.45) is 6.35. The second-order valence-electron chi connectivity index (χ2n) is 4.04. The van der Waals surface area contributed by atoms with Crippen molar-refractivity contribution in [3.05, 3.63) is 41.5 Å². The minimum atomic E-state index is 0.151. The number of hydrogen-bond donors (Lipinski definition) is 0. The zero-order valence-corrected chi connectivity index (χ0v) is 9.53. The first-order valence-electron chi connectivity index (χ1n) is 5.69. The van der Waals surface area contributed by atoms with Crippen molar-refractivity contribution < 1.29 is 9.53 Å². The molecule has 0 spiro atoms. The average Bonchev–Trinajstić information content (AvgIpc) is 2.39. The van der Waals surface area contributed by atoms with Crippen LogP contribution in [0.2, 0.25) is 0 Å². The molecule has 0 atom stereocenters. The van der Waals surface area contributed by atoms with E-state index in [-0.39, 0.29) is 5.78 Å². The van der Waals surface area contributed by atoms with Gasteiger partial charge in [-0.3, -0.25) is 4.79 Å². The Kier molecular flexibility index (Phi) is 3.40. The van der Waals surface area contributed by atoms with E-state index in [1.807, 2.05) is 18.2 Å². The first kappa shape index (κ1) is 10.9. The topological polar surface area (TPSA) is 26.3 Å². The smallest absolute Gasteiger partial charge is 0.188 e. The third-order valence-electron chi connectivity index (χ3n) is 2.91. The summed E-state index contributed by atoms with van der Waals surface area (Å²) in [4.78, 5) is 12.1. The molecule has 0 amide bonds. The molecule has 1 aromatic rings. The number of Topliss-reactive ketones (excluding diaryl/α,β-unsaturated/α-hetero) is 1. The molecule has 1 aromatic carbocycles. The minimum Gasteiger partial charge on any atom is -0.497 e. The lowest BCUT2D eigenvalue weighted by atomic mass is 9.93. The van der Waals surface area contributed by atoms with Crippen LogP contribution in [0.1, 0.15) is 36.0 Å². The number of carbonyl (C=O) groups excluding carboxylic acids is 1. The lowest BCUT2D eigenvalue weighted by molar-refractivity contribution is 0.102. The Bertz CT molecular complexity index is 418. The van der Waals surface area contributed by atoms with Crippen molar-refractivity contribution in [1.29, 1.82) is 0 Å². The number of hydrogen-bond acceptors (Lipinski definition) is 2. The van der Waals surface area contributed by atoms with E-state index in [1.54, 1.807) is 13.2 Å². The van der Waals surface area contributed by atoms with Crippen molar-refractivity contribution >= 4 is 5.78 Å². The molecule has 16 heavy (non-hydrogen) atoms. The molecule has 2 rings (SSSR count). The van der Waals surface area contributed by atoms with Crippen molar-refractivity contribution in [2.75, 3.05) is 7.11 Å². The quantitative estimate of drug-likeness (QED) is 0.724. The molecule has 2 nitrogen and oxygen atoms in total. The first-order chi connectivity index (χ1) is 7.81. The average molecular weight is 216 g/mol. The SMILES string of the molecule is COc1cccc(C(=O)C2=CCCCC2)c1. The van der Waals surface area contributed by atoms with Crippen molar-refractivity contribution in [3.63, 3.8) is 0 Å². The molecule has 0 heterocycles. The maximum absolute atomic E-state index is 12.1. The van der Waals surface area contributed by atoms with Crippen LogP contribution in [0, 0.1) is 0 Å². The van der Waals surface area contributed by atoms with Crippen molar-refractivity contribution in [2.24, 2.45) is 0 Å². The lowest BCUT2D eigenvalue weighted by Crippen LogP contribution is -2.06. The van der Waals surface area contributed by atoms with Crippen LogP contribution in [-0.4, -0.2) is 12.9 Å². The summed E-state index contributed by atoms with van der Waals surface area (Å²) in [5.41, 5.74) is 1.69. The molecular weight excluding hydrogens is 200 g/mol. The fourth-order valence-corrected chi connectivity index (χ4v) is 1.99. The number of methoxy groups -OCH3 is 1. The molecule has 84 valence electrons. The van der Waals surface area contributed by atoms with E-state index >= 15 is 0 Å². The number of benzene rings is 1. The molecule has 1 aliphatic rings. The summed E-state index contributed by atoms with van der Waals surface area (Å²) in [6.45, 7) is 0. The van der Waals surface area contributed by atoms with Gasteiger partial charge in [0.15, 0.2) is 5.78 Å². The zero-order valence-electron chi connectivity index (χ0n) is 9.53. The zero-order chi connectivity index (χ0) is 11.4. The maximum Gasteiger partial charge on any atom is 0.188 e. The molecule has 0 aliphatic heterocycles. The highest BCUT2D eigenvalue weighted by atomic mass is 16.5. The van der Waals surface area contributed by atoms with E-state index in [2.05, 4.69) is 6.08 Å². The van der Waals surface area contributed by atoms with Crippen LogP contribution in [0.25, 0.3) is 0 Å². The highest BCUT2D eigenvalue weighted by Gasteiger charge is 2.14. The van der Waals surface area contributed by atoms with Crippen LogP contribution in [0.3, 0.4) is 0 Å². The second-order valence-corrected chi connectivity index (χ2v) is 4.04. The van der Waals surface area contributed by atoms with Crippen molar-refractivity contribution in [3.8, 4) is 5.75 Å². The predicted molar refractivity (Wildman–Crippen MR) is 63.9 cm³/mol. The largest absolute Gasteiger partial charge is 0.497 e. The van der Waals surface area contributed by atoms with Gasteiger partial charge in [-0.05, 0) is 43.4 Å². The van der Waals surface area contributed by atoms with Crippen molar-refractivity contribution in [1.82, 2.24) is 0 Å². The number of rotatable bonds is 3. The molecule has 0 fully saturated rings. The molecule has 0 bridgehead atoms. The summed E-state index contributed by atoms with van der Waals surface area (Å²) >= 11 is 0. The predicted octanol–water partition coefficient (Wildman–Crippen LogP) is 3.38. The maximum atomic E-state index is 12.1. The second kappa shape index (κ2) is 4.97. The Labute approximate surface area is 95.9 Å². The Hall–Kier alpha value is -1.57. The third kappa shape index (κ3) is 2.32. The van der Waals surface area contributed by atoms with Crippen LogP contribution in [0.5, 0.6) is 5.75 Å². The number of ether oxygens (including phenoxy) is 1. The van der Waals surface area contributed by atoms with Gasteiger partial charge in [-0.25, -0.2) is 0 Å². The fraction of sp³-hybridized carbons (Fsp3) is 0.357. The minimum absolute atomic E-state index is 0.151. The van der Waals surface area contributed by atoms with Crippen LogP contribution >= 0.6 is 0 Å². The summed E-state index contributed by atoms with van der Waals surface area (Å²) in [5.74, 6) is 0.890. The molecule has 0 N–H and O–H groups in total. The highest BCUT2D eigenvalue weighted by Crippen LogP contribution is 2.22. The normalized spacial score (nSPS) is 15.4. The van der Waals surface area contributed by atoms with E-state index < -0.39 is 0 Å². The monoisotopic (exact) mass is 216 g/mol. The number of carbonyl (C=O) groups is 1. The summed E-state index contributed by atoms with van der Waals surface area (Å²) in [7, 11) is 1.61. The first-order valence-corrected chi connectivity index (χ1v) is 5.69. The van der Waals surface area contributed by atoms with Gasteiger partial charge >= 0.3 is 0 Å². The van der Waals surface area contributed by atoms with Gasteiger partial charge in [0.05, 0.1) is 7.11 Å². The van der Waals surface area contributed by atoms with E-state index in [4.69, 9.17) is 4.74 Å². The summed E-state index contributed by atoms with van der Waals surface area (Å²) < 4.78 is 5.12. The van der Waals surface area contributed by atoms with Gasteiger partial charge < -0.3 is 4.74 Å². The van der Waals surface area contributed by atoms with Gasteiger partial charge in [0, 0.05) is 5.56 Å². The van der Waals surface area contributed by atoms with Gasteiger partial charge in [0.25, 0.3) is 0 Å². The van der Waals surface area contributed by atoms with Crippen LogP contribution < -0.4 is 4.74 Å². The molecule has 0 radical (unpaired) electrons. The van der Waals surface area contributed by atoms with E-state index in [9.17, 15) is 4.79 Å². The fourth-order valence-electron chi connectivity index (χ4n) is 1.99. The van der Waals surface area contributed by atoms with E-state index in [0.29, 0.717) is 0 Å². The van der Waals surface area contributed by atoms with Gasteiger partial charge in [-0.2, -0.15) is 0 Å². The van der Waals surface area contributed by atoms with Crippen LogP contribution in [0.4, 0.5) is 0 Å². The van der Waals surface area contributed by atoms with Gasteiger partial charge in [0.2, 0.25) is 0 Å². The highest BCUT2D eigenvalue weighted by molar-refractivity contribution is 6.08. The van der Waals surface area contributed by atoms with Gasteiger partial charge in [-0.1, -0.05) is 18.2 Å². The molecule has 0 unspecified atom stereocenters. The molecule has 0 saturated heterocycles. The van der Waals surface area contributed by atoms with E-state index in [1.165, 1.54) is 6.42 Å². The third-order valence-corrected chi connectivity index (χ3v) is 2.91. The van der Waals surface area contributed by atoms with Gasteiger partial charge in [0.1, 0.15) is 5.75 Å². The molecular formula is C14H16O2. The Morgan fingerprint density at radius 1 is 1.31 bits per heavy atom. The molecule has 2 heteroatoms. The molecule has 0 saturated carbocycles. The van der Waals surface area contributed by atoms with Crippen LogP contribution in [0.15, 0.2) is 35.9 Å². The van der Waals surface area contributed by atoms with Crippen molar-refractivity contribution in [2.45, 2.75) is 25.7 Å². The summed E-state index contributed by atoms with van der Waals surface area (Å²) in [6, 6.07) is 7.36. The van der Waals surface area contributed by atoms with Crippen LogP contribution in [-0.2, 0) is 0 Å². The Balaban J connectivity index is 2.22. The molecule has 1 aliphatic carbocycles. The number of allylic oxidation sites excluding steroid dienone is 2. The summed E-state index contributed by atoms with van der Waals surface area (Å²) in [5, 5.41) is 0. The Morgan fingerprint density at radius 2 is 2.19 bits per heavy atom. The number of ketones is 1. The van der Waals surface area contributed by atoms with Gasteiger partial charge in [-0.15, -0.1) is 0 Å².